The third-order valence-electron chi connectivity index (χ3n) is 3.05. The van der Waals surface area contributed by atoms with E-state index in [1.54, 1.807) is 13.8 Å². The molecule has 1 unspecified atom stereocenters. The summed E-state index contributed by atoms with van der Waals surface area (Å²) in [6.45, 7) is 8.93. The fourth-order valence-electron chi connectivity index (χ4n) is 1.67. The molecule has 1 heterocycles. The number of thiocarbonyl (C=S) groups is 1. The molecule has 0 saturated heterocycles. The number of aromatic nitrogens is 1. The van der Waals surface area contributed by atoms with Crippen LogP contribution in [0.5, 0.6) is 0 Å². The number of hydrogen-bond donors (Lipinski definition) is 2. The molecule has 0 aliphatic heterocycles. The highest BCUT2D eigenvalue weighted by atomic mass is 32.1. The SMILES string of the molecule is Cc1noc(C)c1C(C)NC(=O)C(C)(C)C(N)=S. The van der Waals surface area contributed by atoms with Gasteiger partial charge in [0.1, 0.15) is 5.76 Å². The van der Waals surface area contributed by atoms with E-state index in [0.717, 1.165) is 11.3 Å². The smallest absolute Gasteiger partial charge is 0.232 e. The van der Waals surface area contributed by atoms with Gasteiger partial charge in [-0.1, -0.05) is 17.4 Å². The molecule has 0 fully saturated rings. The molecule has 0 spiro atoms. The molecule has 0 aliphatic rings. The van der Waals surface area contributed by atoms with Crippen LogP contribution in [-0.2, 0) is 4.79 Å². The third kappa shape index (κ3) is 2.69. The summed E-state index contributed by atoms with van der Waals surface area (Å²) in [6, 6.07) is -0.197. The third-order valence-corrected chi connectivity index (χ3v) is 3.56. The molecule has 18 heavy (non-hydrogen) atoms. The van der Waals surface area contributed by atoms with Gasteiger partial charge in [0.15, 0.2) is 0 Å². The first-order valence-electron chi connectivity index (χ1n) is 5.71. The minimum absolute atomic E-state index is 0.172. The van der Waals surface area contributed by atoms with Gasteiger partial charge in [0.25, 0.3) is 0 Å². The molecular weight excluding hydrogens is 250 g/mol. The quantitative estimate of drug-likeness (QED) is 0.814. The lowest BCUT2D eigenvalue weighted by atomic mass is 9.91. The average molecular weight is 269 g/mol. The van der Waals surface area contributed by atoms with Crippen LogP contribution >= 0.6 is 12.2 Å². The van der Waals surface area contributed by atoms with E-state index in [1.165, 1.54) is 0 Å². The van der Waals surface area contributed by atoms with Crippen LogP contribution in [0.15, 0.2) is 4.52 Å². The first-order valence-corrected chi connectivity index (χ1v) is 6.12. The maximum atomic E-state index is 12.1. The normalized spacial score (nSPS) is 13.2. The van der Waals surface area contributed by atoms with Crippen LogP contribution in [0.4, 0.5) is 0 Å². The van der Waals surface area contributed by atoms with Gasteiger partial charge >= 0.3 is 0 Å². The van der Waals surface area contributed by atoms with Gasteiger partial charge < -0.3 is 15.6 Å². The van der Waals surface area contributed by atoms with E-state index < -0.39 is 5.41 Å². The maximum Gasteiger partial charge on any atom is 0.232 e. The van der Waals surface area contributed by atoms with Gasteiger partial charge in [-0.2, -0.15) is 0 Å². The van der Waals surface area contributed by atoms with E-state index in [9.17, 15) is 4.79 Å². The lowest BCUT2D eigenvalue weighted by Gasteiger charge is -2.24. The minimum atomic E-state index is -0.872. The molecule has 0 aliphatic carbocycles. The van der Waals surface area contributed by atoms with Crippen molar-refractivity contribution in [2.45, 2.75) is 40.7 Å². The van der Waals surface area contributed by atoms with Crippen LogP contribution in [0, 0.1) is 19.3 Å². The summed E-state index contributed by atoms with van der Waals surface area (Å²) < 4.78 is 5.08. The number of carbonyl (C=O) groups excluding carboxylic acids is 1. The highest BCUT2D eigenvalue weighted by molar-refractivity contribution is 7.80. The Hall–Kier alpha value is -1.43. The monoisotopic (exact) mass is 269 g/mol. The van der Waals surface area contributed by atoms with Gasteiger partial charge in [-0.25, -0.2) is 0 Å². The minimum Gasteiger partial charge on any atom is -0.392 e. The average Bonchev–Trinajstić information content (AvgIpc) is 2.57. The number of amides is 1. The van der Waals surface area contributed by atoms with E-state index in [2.05, 4.69) is 10.5 Å². The van der Waals surface area contributed by atoms with Crippen molar-refractivity contribution in [2.24, 2.45) is 11.1 Å². The molecule has 6 heteroatoms. The van der Waals surface area contributed by atoms with E-state index in [0.29, 0.717) is 5.76 Å². The van der Waals surface area contributed by atoms with Crippen LogP contribution in [0.2, 0.25) is 0 Å². The first kappa shape index (κ1) is 14.6. The van der Waals surface area contributed by atoms with Gasteiger partial charge in [0.05, 0.1) is 22.1 Å². The molecule has 0 bridgehead atoms. The fraction of sp³-hybridized carbons (Fsp3) is 0.583. The molecule has 1 aromatic heterocycles. The maximum absolute atomic E-state index is 12.1. The second-order valence-electron chi connectivity index (χ2n) is 4.92. The van der Waals surface area contributed by atoms with Gasteiger partial charge in [0.2, 0.25) is 5.91 Å². The van der Waals surface area contributed by atoms with E-state index in [4.69, 9.17) is 22.5 Å². The van der Waals surface area contributed by atoms with Crippen LogP contribution < -0.4 is 11.1 Å². The summed E-state index contributed by atoms with van der Waals surface area (Å²) in [6.07, 6.45) is 0. The molecule has 1 rings (SSSR count). The van der Waals surface area contributed by atoms with Crippen LogP contribution in [-0.4, -0.2) is 16.1 Å². The molecule has 0 aromatic carbocycles. The zero-order chi connectivity index (χ0) is 14.1. The predicted molar refractivity (Wildman–Crippen MR) is 73.1 cm³/mol. The summed E-state index contributed by atoms with van der Waals surface area (Å²) >= 11 is 4.90. The standard InChI is InChI=1S/C12H19N3O2S/c1-6(9-7(2)15-17-8(9)3)14-11(16)12(4,5)10(13)18/h6H,1-5H3,(H2,13,18)(H,14,16). The van der Waals surface area contributed by atoms with E-state index >= 15 is 0 Å². The van der Waals surface area contributed by atoms with Crippen molar-refractivity contribution < 1.29 is 9.32 Å². The number of nitrogens with two attached hydrogens (primary N) is 1. The van der Waals surface area contributed by atoms with E-state index in [1.807, 2.05) is 20.8 Å². The first-order chi connectivity index (χ1) is 8.17. The summed E-state index contributed by atoms with van der Waals surface area (Å²) in [4.78, 5) is 12.3. The largest absolute Gasteiger partial charge is 0.392 e. The molecule has 100 valence electrons. The molecule has 5 nitrogen and oxygen atoms in total. The number of rotatable bonds is 4. The Labute approximate surface area is 112 Å². The van der Waals surface area contributed by atoms with E-state index in [-0.39, 0.29) is 16.9 Å². The molecule has 0 radical (unpaired) electrons. The zero-order valence-corrected chi connectivity index (χ0v) is 12.1. The van der Waals surface area contributed by atoms with Crippen LogP contribution in [0.3, 0.4) is 0 Å². The summed E-state index contributed by atoms with van der Waals surface area (Å²) in [5, 5.41) is 6.74. The van der Waals surface area contributed by atoms with Crippen molar-refractivity contribution in [3.63, 3.8) is 0 Å². The predicted octanol–water partition coefficient (Wildman–Crippen LogP) is 1.78. The van der Waals surface area contributed by atoms with Gasteiger partial charge in [-0.3, -0.25) is 4.79 Å². The van der Waals surface area contributed by atoms with Crippen molar-refractivity contribution >= 4 is 23.1 Å². The Morgan fingerprint density at radius 2 is 2.06 bits per heavy atom. The number of nitrogens with one attached hydrogen (secondary N) is 1. The fourth-order valence-corrected chi connectivity index (χ4v) is 1.76. The summed E-state index contributed by atoms with van der Waals surface area (Å²) in [5.41, 5.74) is 6.36. The van der Waals surface area contributed by atoms with Crippen LogP contribution in [0.25, 0.3) is 0 Å². The van der Waals surface area contributed by atoms with Crippen molar-refractivity contribution in [3.8, 4) is 0 Å². The Bertz CT molecular complexity index is 460. The second-order valence-corrected chi connectivity index (χ2v) is 5.36. The second kappa shape index (κ2) is 5.06. The molecule has 0 saturated carbocycles. The van der Waals surface area contributed by atoms with Crippen molar-refractivity contribution in [2.75, 3.05) is 0 Å². The summed E-state index contributed by atoms with van der Waals surface area (Å²) in [7, 11) is 0. The lowest BCUT2D eigenvalue weighted by Crippen LogP contribution is -2.45. The topological polar surface area (TPSA) is 81.2 Å². The molecule has 1 amide bonds. The number of nitrogens with zero attached hydrogens (tertiary/aromatic N) is 1. The number of hydrogen-bond acceptors (Lipinski definition) is 4. The van der Waals surface area contributed by atoms with Gasteiger partial charge in [-0.15, -0.1) is 0 Å². The van der Waals surface area contributed by atoms with Crippen molar-refractivity contribution in [3.05, 3.63) is 17.0 Å². The molecule has 3 N–H and O–H groups in total. The van der Waals surface area contributed by atoms with Crippen molar-refractivity contribution in [1.82, 2.24) is 10.5 Å². The Balaban J connectivity index is 2.87. The van der Waals surface area contributed by atoms with Gasteiger partial charge in [-0.05, 0) is 34.6 Å². The highest BCUT2D eigenvalue weighted by Gasteiger charge is 2.32. The zero-order valence-electron chi connectivity index (χ0n) is 11.3. The Morgan fingerprint density at radius 1 is 1.50 bits per heavy atom. The molecular formula is C12H19N3O2S. The molecule has 1 atom stereocenters. The lowest BCUT2D eigenvalue weighted by molar-refractivity contribution is -0.126. The Kier molecular flexibility index (Phi) is 4.11. The number of aryl methyl sites for hydroxylation is 2. The highest BCUT2D eigenvalue weighted by Crippen LogP contribution is 2.23. The Morgan fingerprint density at radius 3 is 2.44 bits per heavy atom. The summed E-state index contributed by atoms with van der Waals surface area (Å²) in [5.74, 6) is 0.496. The van der Waals surface area contributed by atoms with Crippen LogP contribution in [0.1, 0.15) is 43.8 Å². The molecule has 1 aromatic rings. The van der Waals surface area contributed by atoms with Gasteiger partial charge in [0, 0.05) is 5.56 Å². The number of carbonyl (C=O) groups is 1. The van der Waals surface area contributed by atoms with Crippen molar-refractivity contribution in [1.29, 1.82) is 0 Å².